The molecule has 0 unspecified atom stereocenters. The molecule has 0 saturated heterocycles. The van der Waals surface area contributed by atoms with E-state index in [1.807, 2.05) is 0 Å². The van der Waals surface area contributed by atoms with E-state index in [1.54, 1.807) is 0 Å². The van der Waals surface area contributed by atoms with Gasteiger partial charge >= 0.3 is 8.56 Å². The summed E-state index contributed by atoms with van der Waals surface area (Å²) in [5.41, 5.74) is 0. The van der Waals surface area contributed by atoms with Crippen LogP contribution in [0.5, 0.6) is 0 Å². The molecule has 1 aliphatic carbocycles. The third kappa shape index (κ3) is 6.41. The summed E-state index contributed by atoms with van der Waals surface area (Å²) >= 11 is 0. The van der Waals surface area contributed by atoms with Crippen LogP contribution in [0.4, 0.5) is 0 Å². The molecule has 0 amide bonds. The van der Waals surface area contributed by atoms with Gasteiger partial charge in [0.05, 0.1) is 0 Å². The van der Waals surface area contributed by atoms with Crippen LogP contribution in [0.25, 0.3) is 0 Å². The van der Waals surface area contributed by atoms with Gasteiger partial charge in [0, 0.05) is 13.2 Å². The Balaban J connectivity index is 2.62. The van der Waals surface area contributed by atoms with Gasteiger partial charge in [0.1, 0.15) is 0 Å². The third-order valence-corrected chi connectivity index (χ3v) is 8.24. The quantitative estimate of drug-likeness (QED) is 0.424. The molecule has 1 aliphatic rings. The van der Waals surface area contributed by atoms with E-state index in [-0.39, 0.29) is 0 Å². The van der Waals surface area contributed by atoms with Crippen molar-refractivity contribution >= 4 is 8.56 Å². The van der Waals surface area contributed by atoms with Gasteiger partial charge in [-0.15, -0.1) is 0 Å². The zero-order chi connectivity index (χ0) is 14.0. The van der Waals surface area contributed by atoms with Crippen molar-refractivity contribution in [2.45, 2.75) is 84.2 Å². The second-order valence-corrected chi connectivity index (χ2v) is 9.25. The molecule has 1 saturated carbocycles. The molecule has 1 rings (SSSR count). The monoisotopic (exact) mass is 286 g/mol. The first-order chi connectivity index (χ1) is 9.26. The van der Waals surface area contributed by atoms with E-state index in [1.165, 1.54) is 63.5 Å². The maximum absolute atomic E-state index is 6.23. The smallest absolute Gasteiger partial charge is 0.338 e. The average Bonchev–Trinajstić information content (AvgIpc) is 2.65. The van der Waals surface area contributed by atoms with Crippen molar-refractivity contribution in [2.75, 3.05) is 13.2 Å². The van der Waals surface area contributed by atoms with E-state index in [0.717, 1.165) is 19.1 Å². The predicted octanol–water partition coefficient (Wildman–Crippen LogP) is 5.27. The lowest BCUT2D eigenvalue weighted by Gasteiger charge is -2.33. The van der Waals surface area contributed by atoms with Crippen molar-refractivity contribution in [3.05, 3.63) is 0 Å². The Bertz CT molecular complexity index is 207. The Hall–Kier alpha value is 0.137. The van der Waals surface area contributed by atoms with Crippen molar-refractivity contribution in [3.8, 4) is 0 Å². The molecule has 0 bridgehead atoms. The molecule has 0 N–H and O–H groups in total. The number of rotatable bonds is 9. The maximum Gasteiger partial charge on any atom is 0.338 e. The number of unbranched alkanes of at least 4 members (excludes halogenated alkanes) is 1. The van der Waals surface area contributed by atoms with Crippen LogP contribution in [0.15, 0.2) is 0 Å². The summed E-state index contributed by atoms with van der Waals surface area (Å²) in [6, 6.07) is 2.44. The Morgan fingerprint density at radius 1 is 0.895 bits per heavy atom. The molecule has 0 aromatic heterocycles. The van der Waals surface area contributed by atoms with E-state index in [0.29, 0.717) is 0 Å². The highest BCUT2D eigenvalue weighted by molar-refractivity contribution is 6.67. The molecule has 0 radical (unpaired) electrons. The van der Waals surface area contributed by atoms with Crippen molar-refractivity contribution < 1.29 is 8.85 Å². The fourth-order valence-corrected chi connectivity index (χ4v) is 7.43. The van der Waals surface area contributed by atoms with E-state index in [2.05, 4.69) is 20.8 Å². The SMILES string of the molecule is CCCC[Si](CC1CCCCCC1)(OCC)OCC. The maximum atomic E-state index is 6.23. The van der Waals surface area contributed by atoms with Crippen LogP contribution in [0.2, 0.25) is 12.1 Å². The van der Waals surface area contributed by atoms with Crippen LogP contribution in [0, 0.1) is 5.92 Å². The van der Waals surface area contributed by atoms with Gasteiger partial charge < -0.3 is 8.85 Å². The molecular formula is C16H34O2Si. The van der Waals surface area contributed by atoms with Crippen LogP contribution in [-0.2, 0) is 8.85 Å². The minimum absolute atomic E-state index is 0.822. The molecule has 0 aliphatic heterocycles. The zero-order valence-corrected chi connectivity index (χ0v) is 14.4. The van der Waals surface area contributed by atoms with Gasteiger partial charge in [0.2, 0.25) is 0 Å². The first-order valence-corrected chi connectivity index (χ1v) is 10.8. The highest BCUT2D eigenvalue weighted by Crippen LogP contribution is 2.33. The molecule has 0 aromatic rings. The molecule has 19 heavy (non-hydrogen) atoms. The summed E-state index contributed by atoms with van der Waals surface area (Å²) in [5, 5.41) is 0. The largest absolute Gasteiger partial charge is 0.394 e. The van der Waals surface area contributed by atoms with Gasteiger partial charge in [-0.2, -0.15) is 0 Å². The summed E-state index contributed by atoms with van der Waals surface area (Å²) in [6.07, 6.45) is 11.0. The van der Waals surface area contributed by atoms with E-state index < -0.39 is 8.56 Å². The van der Waals surface area contributed by atoms with Gasteiger partial charge in [-0.05, 0) is 31.9 Å². The van der Waals surface area contributed by atoms with Gasteiger partial charge in [0.15, 0.2) is 0 Å². The lowest BCUT2D eigenvalue weighted by Crippen LogP contribution is -2.44. The molecule has 0 heterocycles. The molecule has 3 heteroatoms. The zero-order valence-electron chi connectivity index (χ0n) is 13.4. The van der Waals surface area contributed by atoms with Gasteiger partial charge in [0.25, 0.3) is 0 Å². The normalized spacial score (nSPS) is 18.5. The molecular weight excluding hydrogens is 252 g/mol. The molecule has 0 aromatic carbocycles. The van der Waals surface area contributed by atoms with Crippen molar-refractivity contribution in [1.82, 2.24) is 0 Å². The molecule has 0 spiro atoms. The Labute approximate surface area is 121 Å². The van der Waals surface area contributed by atoms with Crippen LogP contribution in [0.1, 0.15) is 72.1 Å². The van der Waals surface area contributed by atoms with E-state index in [9.17, 15) is 0 Å². The molecule has 0 atom stereocenters. The molecule has 2 nitrogen and oxygen atoms in total. The Morgan fingerprint density at radius 2 is 1.47 bits per heavy atom. The summed E-state index contributed by atoms with van der Waals surface area (Å²) in [4.78, 5) is 0. The lowest BCUT2D eigenvalue weighted by molar-refractivity contribution is 0.174. The van der Waals surface area contributed by atoms with Crippen LogP contribution in [0.3, 0.4) is 0 Å². The van der Waals surface area contributed by atoms with Crippen molar-refractivity contribution in [1.29, 1.82) is 0 Å². The first kappa shape index (κ1) is 17.2. The van der Waals surface area contributed by atoms with Crippen LogP contribution < -0.4 is 0 Å². The molecule has 114 valence electrons. The second-order valence-electron chi connectivity index (χ2n) is 5.94. The lowest BCUT2D eigenvalue weighted by atomic mass is 10.0. The standard InChI is InChI=1S/C16H34O2Si/c1-4-7-14-19(17-5-2,18-6-3)15-16-12-10-8-9-11-13-16/h16H,4-15H2,1-3H3. The summed E-state index contributed by atoms with van der Waals surface area (Å²) in [7, 11) is -1.93. The Morgan fingerprint density at radius 3 is 1.95 bits per heavy atom. The topological polar surface area (TPSA) is 18.5 Å². The predicted molar refractivity (Wildman–Crippen MR) is 84.7 cm³/mol. The highest BCUT2D eigenvalue weighted by Gasteiger charge is 2.38. The van der Waals surface area contributed by atoms with Gasteiger partial charge in [-0.1, -0.05) is 58.3 Å². The average molecular weight is 287 g/mol. The van der Waals surface area contributed by atoms with Gasteiger partial charge in [-0.3, -0.25) is 0 Å². The fourth-order valence-electron chi connectivity index (χ4n) is 3.39. The van der Waals surface area contributed by atoms with E-state index >= 15 is 0 Å². The minimum Gasteiger partial charge on any atom is -0.394 e. The molecule has 1 fully saturated rings. The van der Waals surface area contributed by atoms with Gasteiger partial charge in [-0.25, -0.2) is 0 Å². The van der Waals surface area contributed by atoms with Crippen LogP contribution in [-0.4, -0.2) is 21.8 Å². The summed E-state index contributed by atoms with van der Waals surface area (Å²) < 4.78 is 12.5. The second kappa shape index (κ2) is 9.95. The van der Waals surface area contributed by atoms with Crippen molar-refractivity contribution in [2.24, 2.45) is 5.92 Å². The first-order valence-electron chi connectivity index (χ1n) is 8.54. The summed E-state index contributed by atoms with van der Waals surface area (Å²) in [6.45, 7) is 8.16. The fraction of sp³-hybridized carbons (Fsp3) is 1.00. The highest BCUT2D eigenvalue weighted by atomic mass is 28.4. The summed E-state index contributed by atoms with van der Waals surface area (Å²) in [5.74, 6) is 0.865. The number of hydrogen-bond donors (Lipinski definition) is 0. The third-order valence-electron chi connectivity index (χ3n) is 4.30. The minimum atomic E-state index is -1.93. The van der Waals surface area contributed by atoms with E-state index in [4.69, 9.17) is 8.85 Å². The number of hydrogen-bond acceptors (Lipinski definition) is 2. The van der Waals surface area contributed by atoms with Crippen LogP contribution >= 0.6 is 0 Å². The Kier molecular flexibility index (Phi) is 9.00. The van der Waals surface area contributed by atoms with Crippen molar-refractivity contribution in [3.63, 3.8) is 0 Å².